The number of hydrogen-bond donors (Lipinski definition) is 0. The molecule has 6 nitrogen and oxygen atoms in total. The van der Waals surface area contributed by atoms with E-state index in [-0.39, 0.29) is 11.8 Å². The molecule has 0 saturated carbocycles. The van der Waals surface area contributed by atoms with Crippen molar-refractivity contribution in [1.29, 1.82) is 0 Å². The van der Waals surface area contributed by atoms with Crippen molar-refractivity contribution in [2.45, 2.75) is 27.2 Å². The summed E-state index contributed by atoms with van der Waals surface area (Å²) in [5.74, 6) is 0.722. The van der Waals surface area contributed by atoms with Crippen molar-refractivity contribution in [2.75, 3.05) is 52.5 Å². The molecule has 2 amide bonds. The first-order chi connectivity index (χ1) is 14.4. The predicted octanol–water partition coefficient (Wildman–Crippen LogP) is 2.39. The second-order valence-corrected chi connectivity index (χ2v) is 9.16. The summed E-state index contributed by atoms with van der Waals surface area (Å²) in [5.41, 5.74) is 3.16. The van der Waals surface area contributed by atoms with Gasteiger partial charge in [0, 0.05) is 39.3 Å². The number of amides is 2. The van der Waals surface area contributed by atoms with Gasteiger partial charge in [0.1, 0.15) is 5.70 Å². The highest BCUT2D eigenvalue weighted by atomic mass is 16.5. The smallest absolute Gasteiger partial charge is 0.277 e. The zero-order chi connectivity index (χ0) is 21.3. The molecule has 2 unspecified atom stereocenters. The largest absolute Gasteiger partial charge is 0.379 e. The molecule has 1 aromatic rings. The number of nitrogens with zero attached hydrogens (tertiary/aromatic N) is 3. The molecule has 0 aromatic heterocycles. The van der Waals surface area contributed by atoms with E-state index in [1.165, 1.54) is 4.90 Å². The van der Waals surface area contributed by atoms with Gasteiger partial charge in [-0.2, -0.15) is 0 Å². The number of rotatable bonds is 5. The zero-order valence-corrected chi connectivity index (χ0v) is 18.4. The molecule has 4 rings (SSSR count). The molecule has 0 N–H and O–H groups in total. The van der Waals surface area contributed by atoms with Crippen LogP contribution in [0.15, 0.2) is 30.0 Å². The fraction of sp³-hybridized carbons (Fsp3) is 0.583. The standard InChI is InChI=1S/C24H33N3O3/c1-17-4-6-20(7-5-17)21-22(26-15-18(2)14-19(3)16-26)24(29)27(23(21)28)9-8-25-10-12-30-13-11-25/h4-7,18-19H,8-16H2,1-3H3. The normalized spacial score (nSPS) is 26.1. The lowest BCUT2D eigenvalue weighted by atomic mass is 9.91. The molecule has 0 aliphatic carbocycles. The van der Waals surface area contributed by atoms with Crippen LogP contribution in [-0.4, -0.2) is 79.0 Å². The third kappa shape index (κ3) is 4.30. The van der Waals surface area contributed by atoms with Gasteiger partial charge in [-0.05, 0) is 30.7 Å². The van der Waals surface area contributed by atoms with E-state index < -0.39 is 0 Å². The molecular weight excluding hydrogens is 378 g/mol. The second-order valence-electron chi connectivity index (χ2n) is 9.16. The zero-order valence-electron chi connectivity index (χ0n) is 18.4. The van der Waals surface area contributed by atoms with Gasteiger partial charge in [-0.15, -0.1) is 0 Å². The Morgan fingerprint density at radius 3 is 2.20 bits per heavy atom. The summed E-state index contributed by atoms with van der Waals surface area (Å²) in [6.45, 7) is 12.4. The van der Waals surface area contributed by atoms with E-state index in [1.807, 2.05) is 31.2 Å². The number of benzene rings is 1. The molecule has 0 spiro atoms. The maximum atomic E-state index is 13.5. The van der Waals surface area contributed by atoms with Crippen LogP contribution in [0.3, 0.4) is 0 Å². The highest BCUT2D eigenvalue weighted by Crippen LogP contribution is 2.35. The number of carbonyl (C=O) groups excluding carboxylic acids is 2. The molecule has 3 heterocycles. The fourth-order valence-electron chi connectivity index (χ4n) is 4.95. The minimum Gasteiger partial charge on any atom is -0.379 e. The van der Waals surface area contributed by atoms with Gasteiger partial charge in [0.15, 0.2) is 0 Å². The molecule has 1 aromatic carbocycles. The van der Waals surface area contributed by atoms with Gasteiger partial charge in [0.2, 0.25) is 0 Å². The van der Waals surface area contributed by atoms with E-state index in [0.29, 0.717) is 49.4 Å². The van der Waals surface area contributed by atoms with E-state index in [0.717, 1.165) is 43.7 Å². The molecular formula is C24H33N3O3. The third-order valence-corrected chi connectivity index (χ3v) is 6.41. The first-order valence-corrected chi connectivity index (χ1v) is 11.2. The Kier molecular flexibility index (Phi) is 6.25. The Balaban J connectivity index is 1.63. The van der Waals surface area contributed by atoms with Gasteiger partial charge < -0.3 is 9.64 Å². The summed E-state index contributed by atoms with van der Waals surface area (Å²) in [7, 11) is 0. The quantitative estimate of drug-likeness (QED) is 0.697. The summed E-state index contributed by atoms with van der Waals surface area (Å²) in [6.07, 6.45) is 1.16. The van der Waals surface area contributed by atoms with Crippen molar-refractivity contribution >= 4 is 17.4 Å². The summed E-state index contributed by atoms with van der Waals surface area (Å²) in [5, 5.41) is 0. The predicted molar refractivity (Wildman–Crippen MR) is 117 cm³/mol. The average molecular weight is 412 g/mol. The van der Waals surface area contributed by atoms with E-state index in [1.54, 1.807) is 0 Å². The average Bonchev–Trinajstić information content (AvgIpc) is 2.97. The second kappa shape index (κ2) is 8.90. The first-order valence-electron chi connectivity index (χ1n) is 11.2. The van der Waals surface area contributed by atoms with Crippen molar-refractivity contribution in [2.24, 2.45) is 11.8 Å². The molecule has 30 heavy (non-hydrogen) atoms. The molecule has 162 valence electrons. The maximum absolute atomic E-state index is 13.5. The SMILES string of the molecule is Cc1ccc(C2=C(N3CC(C)CC(C)C3)C(=O)N(CCN3CCOCC3)C2=O)cc1. The van der Waals surface area contributed by atoms with Crippen LogP contribution < -0.4 is 0 Å². The van der Waals surface area contributed by atoms with E-state index >= 15 is 0 Å². The van der Waals surface area contributed by atoms with E-state index in [2.05, 4.69) is 23.6 Å². The van der Waals surface area contributed by atoms with Crippen LogP contribution in [0, 0.1) is 18.8 Å². The van der Waals surface area contributed by atoms with Gasteiger partial charge >= 0.3 is 0 Å². The van der Waals surface area contributed by atoms with Gasteiger partial charge in [-0.1, -0.05) is 43.7 Å². The van der Waals surface area contributed by atoms with Crippen LogP contribution in [0.4, 0.5) is 0 Å². The molecule has 2 saturated heterocycles. The number of aryl methyl sites for hydroxylation is 1. The Hall–Kier alpha value is -2.18. The van der Waals surface area contributed by atoms with Crippen LogP contribution in [0.2, 0.25) is 0 Å². The van der Waals surface area contributed by atoms with Gasteiger partial charge in [-0.25, -0.2) is 0 Å². The summed E-state index contributed by atoms with van der Waals surface area (Å²) >= 11 is 0. The van der Waals surface area contributed by atoms with Crippen LogP contribution in [0.25, 0.3) is 5.57 Å². The Morgan fingerprint density at radius 2 is 1.57 bits per heavy atom. The molecule has 6 heteroatoms. The van der Waals surface area contributed by atoms with E-state index in [9.17, 15) is 9.59 Å². The van der Waals surface area contributed by atoms with Gasteiger partial charge in [0.05, 0.1) is 18.8 Å². The van der Waals surface area contributed by atoms with Crippen LogP contribution >= 0.6 is 0 Å². The number of morpholine rings is 1. The van der Waals surface area contributed by atoms with Crippen LogP contribution in [0.1, 0.15) is 31.4 Å². The lowest BCUT2D eigenvalue weighted by Crippen LogP contribution is -2.45. The minimum absolute atomic E-state index is 0.134. The van der Waals surface area contributed by atoms with Crippen molar-refractivity contribution in [1.82, 2.24) is 14.7 Å². The third-order valence-electron chi connectivity index (χ3n) is 6.41. The minimum atomic E-state index is -0.155. The van der Waals surface area contributed by atoms with Crippen LogP contribution in [-0.2, 0) is 14.3 Å². The first kappa shape index (κ1) is 21.1. The van der Waals surface area contributed by atoms with Crippen LogP contribution in [0.5, 0.6) is 0 Å². The molecule has 3 aliphatic rings. The molecule has 2 atom stereocenters. The Morgan fingerprint density at radius 1 is 0.933 bits per heavy atom. The Labute approximate surface area is 179 Å². The number of carbonyl (C=O) groups is 2. The topological polar surface area (TPSA) is 53.1 Å². The van der Waals surface area contributed by atoms with Crippen molar-refractivity contribution in [3.63, 3.8) is 0 Å². The van der Waals surface area contributed by atoms with Gasteiger partial charge in [-0.3, -0.25) is 19.4 Å². The number of piperidine rings is 1. The Bertz CT molecular complexity index is 817. The number of hydrogen-bond acceptors (Lipinski definition) is 5. The van der Waals surface area contributed by atoms with E-state index in [4.69, 9.17) is 4.74 Å². The summed E-state index contributed by atoms with van der Waals surface area (Å²) < 4.78 is 5.41. The van der Waals surface area contributed by atoms with Gasteiger partial charge in [0.25, 0.3) is 11.8 Å². The number of ether oxygens (including phenoxy) is 1. The number of likely N-dealkylation sites (tertiary alicyclic amines) is 1. The summed E-state index contributed by atoms with van der Waals surface area (Å²) in [6, 6.07) is 7.96. The molecule has 0 radical (unpaired) electrons. The maximum Gasteiger partial charge on any atom is 0.277 e. The van der Waals surface area contributed by atoms with Crippen molar-refractivity contribution in [3.05, 3.63) is 41.1 Å². The molecule has 2 fully saturated rings. The lowest BCUT2D eigenvalue weighted by Gasteiger charge is -2.37. The highest BCUT2D eigenvalue weighted by Gasteiger charge is 2.42. The summed E-state index contributed by atoms with van der Waals surface area (Å²) in [4.78, 5) is 32.9. The van der Waals surface area contributed by atoms with Crippen molar-refractivity contribution in [3.8, 4) is 0 Å². The highest BCUT2D eigenvalue weighted by molar-refractivity contribution is 6.35. The van der Waals surface area contributed by atoms with Crippen molar-refractivity contribution < 1.29 is 14.3 Å². The monoisotopic (exact) mass is 411 g/mol. The number of imide groups is 1. The fourth-order valence-corrected chi connectivity index (χ4v) is 4.95. The molecule has 3 aliphatic heterocycles. The molecule has 0 bridgehead atoms. The lowest BCUT2D eigenvalue weighted by molar-refractivity contribution is -0.138.